The van der Waals surface area contributed by atoms with Crippen molar-refractivity contribution in [1.29, 1.82) is 5.26 Å². The number of anilines is 1. The van der Waals surface area contributed by atoms with Crippen LogP contribution in [0.25, 0.3) is 0 Å². The van der Waals surface area contributed by atoms with Crippen LogP contribution >= 0.6 is 0 Å². The summed E-state index contributed by atoms with van der Waals surface area (Å²) in [4.78, 5) is 15.8. The number of aryl methyl sites for hydroxylation is 1. The molecule has 0 aliphatic heterocycles. The van der Waals surface area contributed by atoms with Crippen LogP contribution in [0.5, 0.6) is 0 Å². The van der Waals surface area contributed by atoms with Crippen LogP contribution in [0.3, 0.4) is 0 Å². The van der Waals surface area contributed by atoms with Crippen molar-refractivity contribution >= 4 is 11.6 Å². The van der Waals surface area contributed by atoms with Gasteiger partial charge in [0, 0.05) is 17.6 Å². The number of carbonyl (C=O) groups excluding carboxylic acids is 1. The molecule has 16 heavy (non-hydrogen) atoms. The number of nitrogens with zero attached hydrogens (tertiary/aromatic N) is 2. The van der Waals surface area contributed by atoms with Crippen LogP contribution in [-0.2, 0) is 4.79 Å². The first kappa shape index (κ1) is 12.2. The average molecular weight is 217 g/mol. The number of nitriles is 1. The topological polar surface area (TPSA) is 65.8 Å². The molecule has 84 valence electrons. The first-order valence-electron chi connectivity index (χ1n) is 5.17. The van der Waals surface area contributed by atoms with Gasteiger partial charge in [0.15, 0.2) is 0 Å². The Kier molecular flexibility index (Phi) is 4.01. The molecular weight excluding hydrogens is 202 g/mol. The minimum atomic E-state index is -0.617. The molecule has 1 rings (SSSR count). The Morgan fingerprint density at radius 3 is 2.75 bits per heavy atom. The minimum absolute atomic E-state index is 0.00735. The fraction of sp³-hybridized carbons (Fsp3) is 0.417. The van der Waals surface area contributed by atoms with E-state index >= 15 is 0 Å². The molecule has 0 aliphatic rings. The van der Waals surface area contributed by atoms with Gasteiger partial charge in [-0.25, -0.2) is 0 Å². The highest BCUT2D eigenvalue weighted by molar-refractivity contribution is 5.94. The number of hydrogen-bond donors (Lipinski definition) is 1. The summed E-state index contributed by atoms with van der Waals surface area (Å²) in [6.07, 6.45) is 1.63. The first-order valence-corrected chi connectivity index (χ1v) is 5.17. The summed E-state index contributed by atoms with van der Waals surface area (Å²) in [5.74, 6) is -0.871. The SMILES string of the molecule is Cc1cc(NC(=O)C(C#N)C(C)C)ccn1. The van der Waals surface area contributed by atoms with Gasteiger partial charge in [-0.2, -0.15) is 5.26 Å². The van der Waals surface area contributed by atoms with Gasteiger partial charge < -0.3 is 5.32 Å². The summed E-state index contributed by atoms with van der Waals surface area (Å²) >= 11 is 0. The van der Waals surface area contributed by atoms with E-state index in [-0.39, 0.29) is 11.8 Å². The van der Waals surface area contributed by atoms with E-state index in [1.165, 1.54) is 0 Å². The van der Waals surface area contributed by atoms with Gasteiger partial charge in [-0.05, 0) is 25.0 Å². The number of rotatable bonds is 3. The van der Waals surface area contributed by atoms with Crippen molar-refractivity contribution in [3.05, 3.63) is 24.0 Å². The van der Waals surface area contributed by atoms with E-state index in [2.05, 4.69) is 10.3 Å². The standard InChI is InChI=1S/C12H15N3O/c1-8(2)11(7-13)12(16)15-10-4-5-14-9(3)6-10/h4-6,8,11H,1-3H3,(H,14,15,16). The van der Waals surface area contributed by atoms with Gasteiger partial charge in [0.05, 0.1) is 6.07 Å². The number of nitrogens with one attached hydrogen (secondary N) is 1. The molecular formula is C12H15N3O. The summed E-state index contributed by atoms with van der Waals surface area (Å²) < 4.78 is 0. The quantitative estimate of drug-likeness (QED) is 0.843. The predicted molar refractivity (Wildman–Crippen MR) is 61.5 cm³/mol. The number of amides is 1. The molecule has 1 heterocycles. The third kappa shape index (κ3) is 3.06. The van der Waals surface area contributed by atoms with Crippen LogP contribution in [-0.4, -0.2) is 10.9 Å². The lowest BCUT2D eigenvalue weighted by atomic mass is 9.96. The fourth-order valence-electron chi connectivity index (χ4n) is 1.35. The Hall–Kier alpha value is -1.89. The second-order valence-corrected chi connectivity index (χ2v) is 4.03. The molecule has 1 amide bonds. The van der Waals surface area contributed by atoms with E-state index in [1.807, 2.05) is 26.8 Å². The Balaban J connectivity index is 2.75. The lowest BCUT2D eigenvalue weighted by Crippen LogP contribution is -2.25. The number of pyridine rings is 1. The number of carbonyl (C=O) groups is 1. The molecule has 0 bridgehead atoms. The molecule has 0 radical (unpaired) electrons. The molecule has 0 saturated heterocycles. The van der Waals surface area contributed by atoms with Crippen LogP contribution in [0, 0.1) is 30.1 Å². The van der Waals surface area contributed by atoms with Gasteiger partial charge in [0.2, 0.25) is 5.91 Å². The highest BCUT2D eigenvalue weighted by atomic mass is 16.1. The largest absolute Gasteiger partial charge is 0.325 e. The molecule has 4 nitrogen and oxygen atoms in total. The zero-order chi connectivity index (χ0) is 12.1. The van der Waals surface area contributed by atoms with Gasteiger partial charge in [0.25, 0.3) is 0 Å². The summed E-state index contributed by atoms with van der Waals surface area (Å²) in [6, 6.07) is 5.49. The van der Waals surface area contributed by atoms with Gasteiger partial charge in [-0.1, -0.05) is 13.8 Å². The Bertz CT molecular complexity index is 421. The lowest BCUT2D eigenvalue weighted by Gasteiger charge is -2.13. The smallest absolute Gasteiger partial charge is 0.241 e. The fourth-order valence-corrected chi connectivity index (χ4v) is 1.35. The van der Waals surface area contributed by atoms with E-state index in [1.54, 1.807) is 18.3 Å². The van der Waals surface area contributed by atoms with E-state index in [4.69, 9.17) is 5.26 Å². The lowest BCUT2D eigenvalue weighted by molar-refractivity contribution is -0.119. The van der Waals surface area contributed by atoms with E-state index in [0.717, 1.165) is 5.69 Å². The average Bonchev–Trinajstić information content (AvgIpc) is 2.17. The Morgan fingerprint density at radius 2 is 2.25 bits per heavy atom. The molecule has 0 fully saturated rings. The molecule has 1 N–H and O–H groups in total. The molecule has 0 spiro atoms. The van der Waals surface area contributed by atoms with Crippen LogP contribution in [0.15, 0.2) is 18.3 Å². The molecule has 1 aromatic heterocycles. The third-order valence-electron chi connectivity index (χ3n) is 2.25. The van der Waals surface area contributed by atoms with Crippen molar-refractivity contribution in [3.63, 3.8) is 0 Å². The van der Waals surface area contributed by atoms with Crippen molar-refractivity contribution in [3.8, 4) is 6.07 Å². The van der Waals surface area contributed by atoms with Crippen LogP contribution < -0.4 is 5.32 Å². The second kappa shape index (κ2) is 5.26. The Labute approximate surface area is 95.3 Å². The molecule has 0 aliphatic carbocycles. The summed E-state index contributed by atoms with van der Waals surface area (Å²) in [7, 11) is 0. The predicted octanol–water partition coefficient (Wildman–Crippen LogP) is 2.12. The number of aromatic nitrogens is 1. The highest BCUT2D eigenvalue weighted by Crippen LogP contribution is 2.14. The summed E-state index contributed by atoms with van der Waals surface area (Å²) in [5.41, 5.74) is 1.51. The molecule has 0 aromatic carbocycles. The molecule has 1 unspecified atom stereocenters. The van der Waals surface area contributed by atoms with Crippen molar-refractivity contribution < 1.29 is 4.79 Å². The third-order valence-corrected chi connectivity index (χ3v) is 2.25. The van der Waals surface area contributed by atoms with Gasteiger partial charge >= 0.3 is 0 Å². The van der Waals surface area contributed by atoms with Crippen molar-refractivity contribution in [2.24, 2.45) is 11.8 Å². The maximum Gasteiger partial charge on any atom is 0.241 e. The van der Waals surface area contributed by atoms with E-state index in [0.29, 0.717) is 5.69 Å². The minimum Gasteiger partial charge on any atom is -0.325 e. The summed E-state index contributed by atoms with van der Waals surface area (Å²) in [6.45, 7) is 5.55. The monoisotopic (exact) mass is 217 g/mol. The first-order chi connectivity index (χ1) is 7.54. The maximum absolute atomic E-state index is 11.7. The van der Waals surface area contributed by atoms with Crippen LogP contribution in [0.2, 0.25) is 0 Å². The van der Waals surface area contributed by atoms with Crippen molar-refractivity contribution in [2.45, 2.75) is 20.8 Å². The second-order valence-electron chi connectivity index (χ2n) is 4.03. The van der Waals surface area contributed by atoms with E-state index < -0.39 is 5.92 Å². The Morgan fingerprint density at radius 1 is 1.56 bits per heavy atom. The van der Waals surface area contributed by atoms with Crippen LogP contribution in [0.4, 0.5) is 5.69 Å². The zero-order valence-corrected chi connectivity index (χ0v) is 9.69. The summed E-state index contributed by atoms with van der Waals surface area (Å²) in [5, 5.41) is 11.6. The van der Waals surface area contributed by atoms with Gasteiger partial charge in [-0.3, -0.25) is 9.78 Å². The van der Waals surface area contributed by atoms with Gasteiger partial charge in [0.1, 0.15) is 5.92 Å². The van der Waals surface area contributed by atoms with Crippen LogP contribution in [0.1, 0.15) is 19.5 Å². The number of hydrogen-bond acceptors (Lipinski definition) is 3. The molecule has 1 atom stereocenters. The molecule has 0 saturated carbocycles. The van der Waals surface area contributed by atoms with E-state index in [9.17, 15) is 4.79 Å². The van der Waals surface area contributed by atoms with Crippen molar-refractivity contribution in [2.75, 3.05) is 5.32 Å². The van der Waals surface area contributed by atoms with Gasteiger partial charge in [-0.15, -0.1) is 0 Å². The van der Waals surface area contributed by atoms with Crippen molar-refractivity contribution in [1.82, 2.24) is 4.98 Å². The zero-order valence-electron chi connectivity index (χ0n) is 9.69. The highest BCUT2D eigenvalue weighted by Gasteiger charge is 2.21. The molecule has 1 aromatic rings. The normalized spacial score (nSPS) is 11.9. The maximum atomic E-state index is 11.7. The molecule has 4 heteroatoms.